The zero-order valence-electron chi connectivity index (χ0n) is 8.31. The molecule has 0 heterocycles. The fourth-order valence-corrected chi connectivity index (χ4v) is 0.555. The predicted molar refractivity (Wildman–Crippen MR) is 46.7 cm³/mol. The van der Waals surface area contributed by atoms with Crippen molar-refractivity contribution in [1.29, 1.82) is 0 Å². The van der Waals surface area contributed by atoms with E-state index in [0.29, 0.717) is 19.1 Å². The third-order valence-electron chi connectivity index (χ3n) is 2.15. The first-order valence-electron chi connectivity index (χ1n) is 4.13. The van der Waals surface area contributed by atoms with E-state index in [4.69, 9.17) is 9.47 Å². The van der Waals surface area contributed by atoms with Crippen LogP contribution in [0.5, 0.6) is 0 Å². The Bertz CT molecular complexity index is 97.7. The second-order valence-electron chi connectivity index (χ2n) is 3.60. The number of hydrogen-bond donors (Lipinski definition) is 0. The number of rotatable bonds is 5. The lowest BCUT2D eigenvalue weighted by atomic mass is 9.95. The van der Waals surface area contributed by atoms with Crippen molar-refractivity contribution in [2.45, 2.75) is 33.3 Å². The van der Waals surface area contributed by atoms with Gasteiger partial charge in [0, 0.05) is 7.11 Å². The van der Waals surface area contributed by atoms with Gasteiger partial charge in [-0.2, -0.15) is 0 Å². The Morgan fingerprint density at radius 1 is 1.18 bits per heavy atom. The van der Waals surface area contributed by atoms with Crippen LogP contribution in [0.2, 0.25) is 0 Å². The Balaban J connectivity index is 3.55. The summed E-state index contributed by atoms with van der Waals surface area (Å²) < 4.78 is 10.5. The van der Waals surface area contributed by atoms with Crippen LogP contribution in [0.4, 0.5) is 0 Å². The summed E-state index contributed by atoms with van der Waals surface area (Å²) in [6.07, 6.45) is 0. The molecule has 0 aliphatic carbocycles. The van der Waals surface area contributed by atoms with Gasteiger partial charge in [0.2, 0.25) is 0 Å². The zero-order valence-corrected chi connectivity index (χ0v) is 8.31. The molecule has 2 heteroatoms. The lowest BCUT2D eigenvalue weighted by Crippen LogP contribution is -2.32. The average Bonchev–Trinajstić information content (AvgIpc) is 1.88. The average molecular weight is 160 g/mol. The summed E-state index contributed by atoms with van der Waals surface area (Å²) in [5, 5.41) is 0. The van der Waals surface area contributed by atoms with Crippen LogP contribution in [-0.4, -0.2) is 25.9 Å². The Hall–Kier alpha value is -0.0800. The minimum absolute atomic E-state index is 0.0292. The van der Waals surface area contributed by atoms with E-state index in [-0.39, 0.29) is 5.60 Å². The summed E-state index contributed by atoms with van der Waals surface area (Å²) in [5.74, 6) is 0.541. The summed E-state index contributed by atoms with van der Waals surface area (Å²) in [7, 11) is 1.69. The second kappa shape index (κ2) is 4.73. The quantitative estimate of drug-likeness (QED) is 0.573. The van der Waals surface area contributed by atoms with Gasteiger partial charge in [0.1, 0.15) is 0 Å². The Kier molecular flexibility index (Phi) is 4.69. The van der Waals surface area contributed by atoms with Crippen molar-refractivity contribution in [3.63, 3.8) is 0 Å². The van der Waals surface area contributed by atoms with Crippen molar-refractivity contribution in [2.75, 3.05) is 20.3 Å². The summed E-state index contributed by atoms with van der Waals surface area (Å²) in [6.45, 7) is 9.89. The molecule has 0 amide bonds. The van der Waals surface area contributed by atoms with E-state index in [0.717, 1.165) is 0 Å². The molecule has 0 bridgehead atoms. The Morgan fingerprint density at radius 3 is 2.09 bits per heavy atom. The maximum atomic E-state index is 5.61. The van der Waals surface area contributed by atoms with Crippen molar-refractivity contribution in [3.05, 3.63) is 0 Å². The molecular formula is C9H20O2. The summed E-state index contributed by atoms with van der Waals surface area (Å²) in [4.78, 5) is 0. The SMILES string of the molecule is COCCOC(C)(C)C(C)C. The van der Waals surface area contributed by atoms with Crippen molar-refractivity contribution < 1.29 is 9.47 Å². The first-order chi connectivity index (χ1) is 5.00. The fourth-order valence-electron chi connectivity index (χ4n) is 0.555. The van der Waals surface area contributed by atoms with Gasteiger partial charge in [0.25, 0.3) is 0 Å². The van der Waals surface area contributed by atoms with Crippen LogP contribution in [0.3, 0.4) is 0 Å². The zero-order chi connectivity index (χ0) is 8.91. The predicted octanol–water partition coefficient (Wildman–Crippen LogP) is 2.08. The highest BCUT2D eigenvalue weighted by Crippen LogP contribution is 2.19. The maximum Gasteiger partial charge on any atom is 0.0707 e. The molecule has 0 aromatic heterocycles. The maximum absolute atomic E-state index is 5.61. The van der Waals surface area contributed by atoms with Gasteiger partial charge >= 0.3 is 0 Å². The summed E-state index contributed by atoms with van der Waals surface area (Å²) in [6, 6.07) is 0. The number of ether oxygens (including phenoxy) is 2. The van der Waals surface area contributed by atoms with Crippen LogP contribution in [0, 0.1) is 5.92 Å². The number of methoxy groups -OCH3 is 1. The standard InChI is InChI=1S/C9H20O2/c1-8(2)9(3,4)11-7-6-10-5/h8H,6-7H2,1-5H3. The monoisotopic (exact) mass is 160 g/mol. The minimum atomic E-state index is -0.0292. The summed E-state index contributed by atoms with van der Waals surface area (Å²) in [5.41, 5.74) is -0.0292. The molecule has 0 atom stereocenters. The van der Waals surface area contributed by atoms with Gasteiger partial charge in [0.15, 0.2) is 0 Å². The van der Waals surface area contributed by atoms with Crippen LogP contribution in [-0.2, 0) is 9.47 Å². The Morgan fingerprint density at radius 2 is 1.73 bits per heavy atom. The molecule has 0 saturated carbocycles. The first-order valence-corrected chi connectivity index (χ1v) is 4.13. The van der Waals surface area contributed by atoms with Crippen LogP contribution in [0.1, 0.15) is 27.7 Å². The van der Waals surface area contributed by atoms with Crippen molar-refractivity contribution in [3.8, 4) is 0 Å². The van der Waals surface area contributed by atoms with E-state index in [2.05, 4.69) is 27.7 Å². The van der Waals surface area contributed by atoms with E-state index in [1.807, 2.05) is 0 Å². The molecule has 68 valence electrons. The highest BCUT2D eigenvalue weighted by molar-refractivity contribution is 4.72. The third-order valence-corrected chi connectivity index (χ3v) is 2.15. The molecule has 2 nitrogen and oxygen atoms in total. The van der Waals surface area contributed by atoms with Gasteiger partial charge in [0.05, 0.1) is 18.8 Å². The highest BCUT2D eigenvalue weighted by atomic mass is 16.5. The molecule has 11 heavy (non-hydrogen) atoms. The Labute approximate surface area is 69.9 Å². The smallest absolute Gasteiger partial charge is 0.0707 e. The molecule has 0 aromatic rings. The molecule has 0 saturated heterocycles. The van der Waals surface area contributed by atoms with E-state index in [1.165, 1.54) is 0 Å². The van der Waals surface area contributed by atoms with Crippen LogP contribution < -0.4 is 0 Å². The van der Waals surface area contributed by atoms with E-state index in [9.17, 15) is 0 Å². The first kappa shape index (κ1) is 10.9. The molecule has 0 N–H and O–H groups in total. The van der Waals surface area contributed by atoms with Gasteiger partial charge in [-0.15, -0.1) is 0 Å². The topological polar surface area (TPSA) is 18.5 Å². The van der Waals surface area contributed by atoms with E-state index in [1.54, 1.807) is 7.11 Å². The third kappa shape index (κ3) is 4.38. The lowest BCUT2D eigenvalue weighted by molar-refractivity contribution is -0.0665. The van der Waals surface area contributed by atoms with Crippen molar-refractivity contribution in [2.24, 2.45) is 5.92 Å². The molecule has 0 aliphatic rings. The van der Waals surface area contributed by atoms with Crippen LogP contribution in [0.25, 0.3) is 0 Å². The normalized spacial score (nSPS) is 12.5. The number of hydrogen-bond acceptors (Lipinski definition) is 2. The molecule has 0 rings (SSSR count). The van der Waals surface area contributed by atoms with Gasteiger partial charge in [-0.25, -0.2) is 0 Å². The molecular weight excluding hydrogens is 140 g/mol. The highest BCUT2D eigenvalue weighted by Gasteiger charge is 2.22. The lowest BCUT2D eigenvalue weighted by Gasteiger charge is -2.29. The largest absolute Gasteiger partial charge is 0.382 e. The summed E-state index contributed by atoms with van der Waals surface area (Å²) >= 11 is 0. The molecule has 0 spiro atoms. The van der Waals surface area contributed by atoms with Crippen LogP contribution >= 0.6 is 0 Å². The van der Waals surface area contributed by atoms with Crippen molar-refractivity contribution in [1.82, 2.24) is 0 Å². The molecule has 0 radical (unpaired) electrons. The van der Waals surface area contributed by atoms with Gasteiger partial charge < -0.3 is 9.47 Å². The van der Waals surface area contributed by atoms with Crippen LogP contribution in [0.15, 0.2) is 0 Å². The van der Waals surface area contributed by atoms with Gasteiger partial charge in [-0.05, 0) is 19.8 Å². The van der Waals surface area contributed by atoms with E-state index >= 15 is 0 Å². The minimum Gasteiger partial charge on any atom is -0.382 e. The second-order valence-corrected chi connectivity index (χ2v) is 3.60. The van der Waals surface area contributed by atoms with Crippen molar-refractivity contribution >= 4 is 0 Å². The molecule has 0 aliphatic heterocycles. The van der Waals surface area contributed by atoms with E-state index < -0.39 is 0 Å². The molecule has 0 fully saturated rings. The van der Waals surface area contributed by atoms with Gasteiger partial charge in [-0.3, -0.25) is 0 Å². The molecule has 0 aromatic carbocycles. The van der Waals surface area contributed by atoms with Gasteiger partial charge in [-0.1, -0.05) is 13.8 Å². The fraction of sp³-hybridized carbons (Fsp3) is 1.00. The molecule has 0 unspecified atom stereocenters.